The first-order valence-corrected chi connectivity index (χ1v) is 6.72. The summed E-state index contributed by atoms with van der Waals surface area (Å²) in [6, 6.07) is 1.17. The van der Waals surface area contributed by atoms with E-state index >= 15 is 0 Å². The number of hydrogen-bond acceptors (Lipinski definition) is 4. The van der Waals surface area contributed by atoms with E-state index in [1.165, 1.54) is 6.42 Å². The quantitative estimate of drug-likeness (QED) is 0.727. The zero-order chi connectivity index (χ0) is 12.8. The second kappa shape index (κ2) is 7.31. The molecule has 17 heavy (non-hydrogen) atoms. The summed E-state index contributed by atoms with van der Waals surface area (Å²) >= 11 is 0. The maximum absolute atomic E-state index is 9.75. The number of nitrogens with zero attached hydrogens (tertiary/aromatic N) is 1. The Balaban J connectivity index is 2.13. The Morgan fingerprint density at radius 3 is 2.76 bits per heavy atom. The minimum absolute atomic E-state index is 0.188. The van der Waals surface area contributed by atoms with Crippen molar-refractivity contribution in [2.24, 2.45) is 0 Å². The van der Waals surface area contributed by atoms with Crippen molar-refractivity contribution in [1.82, 2.24) is 10.2 Å². The third kappa shape index (κ3) is 5.82. The van der Waals surface area contributed by atoms with Crippen molar-refractivity contribution in [3.63, 3.8) is 0 Å². The molecule has 0 aliphatic carbocycles. The fraction of sp³-hybridized carbons (Fsp3) is 1.00. The zero-order valence-corrected chi connectivity index (χ0v) is 11.6. The molecule has 0 aromatic heterocycles. The van der Waals surface area contributed by atoms with Gasteiger partial charge in [-0.05, 0) is 47.2 Å². The van der Waals surface area contributed by atoms with Crippen molar-refractivity contribution in [2.45, 2.75) is 57.9 Å². The highest BCUT2D eigenvalue weighted by atomic mass is 16.5. The van der Waals surface area contributed by atoms with Crippen molar-refractivity contribution in [1.29, 1.82) is 0 Å². The molecule has 3 unspecified atom stereocenters. The van der Waals surface area contributed by atoms with E-state index in [2.05, 4.69) is 24.2 Å². The van der Waals surface area contributed by atoms with Crippen LogP contribution in [0.2, 0.25) is 0 Å². The third-order valence-corrected chi connectivity index (χ3v) is 3.47. The summed E-state index contributed by atoms with van der Waals surface area (Å²) < 4.78 is 5.38. The lowest BCUT2D eigenvalue weighted by Gasteiger charge is -2.35. The number of ether oxygens (including phenoxy) is 1. The van der Waals surface area contributed by atoms with Gasteiger partial charge in [-0.25, -0.2) is 0 Å². The highest BCUT2D eigenvalue weighted by Gasteiger charge is 2.22. The summed E-state index contributed by atoms with van der Waals surface area (Å²) in [5.74, 6) is 0. The second-order valence-electron chi connectivity index (χ2n) is 5.50. The molecule has 1 aliphatic heterocycles. The van der Waals surface area contributed by atoms with Gasteiger partial charge in [-0.1, -0.05) is 0 Å². The van der Waals surface area contributed by atoms with Crippen LogP contribution in [0.25, 0.3) is 0 Å². The second-order valence-corrected chi connectivity index (χ2v) is 5.50. The maximum Gasteiger partial charge on any atom is 0.0897 e. The van der Waals surface area contributed by atoms with Gasteiger partial charge in [0.2, 0.25) is 0 Å². The number of rotatable bonds is 6. The van der Waals surface area contributed by atoms with Gasteiger partial charge in [-0.15, -0.1) is 0 Å². The van der Waals surface area contributed by atoms with Crippen LogP contribution in [0.15, 0.2) is 0 Å². The molecule has 2 N–H and O–H groups in total. The van der Waals surface area contributed by atoms with Gasteiger partial charge < -0.3 is 20.1 Å². The topological polar surface area (TPSA) is 44.7 Å². The fourth-order valence-corrected chi connectivity index (χ4v) is 2.14. The third-order valence-electron chi connectivity index (χ3n) is 3.47. The molecule has 0 radical (unpaired) electrons. The van der Waals surface area contributed by atoms with Gasteiger partial charge in [0.25, 0.3) is 0 Å². The minimum Gasteiger partial charge on any atom is -0.389 e. The molecule has 4 nitrogen and oxygen atoms in total. The van der Waals surface area contributed by atoms with Crippen LogP contribution in [0, 0.1) is 0 Å². The highest BCUT2D eigenvalue weighted by Crippen LogP contribution is 2.15. The van der Waals surface area contributed by atoms with Crippen LogP contribution in [0.5, 0.6) is 0 Å². The van der Waals surface area contributed by atoms with E-state index in [4.69, 9.17) is 4.74 Å². The number of aliphatic hydroxyl groups is 1. The first-order valence-electron chi connectivity index (χ1n) is 6.72. The normalized spacial score (nSPS) is 28.6. The van der Waals surface area contributed by atoms with E-state index in [9.17, 15) is 5.11 Å². The van der Waals surface area contributed by atoms with Gasteiger partial charge in [-0.3, -0.25) is 0 Å². The van der Waals surface area contributed by atoms with E-state index in [-0.39, 0.29) is 6.10 Å². The van der Waals surface area contributed by atoms with Crippen molar-refractivity contribution in [2.75, 3.05) is 26.7 Å². The Morgan fingerprint density at radius 2 is 2.18 bits per heavy atom. The first kappa shape index (κ1) is 14.9. The highest BCUT2D eigenvalue weighted by molar-refractivity contribution is 4.81. The van der Waals surface area contributed by atoms with Gasteiger partial charge in [-0.2, -0.15) is 0 Å². The molecule has 1 fully saturated rings. The van der Waals surface area contributed by atoms with E-state index in [0.717, 1.165) is 13.0 Å². The van der Waals surface area contributed by atoms with Gasteiger partial charge in [0, 0.05) is 18.6 Å². The summed E-state index contributed by atoms with van der Waals surface area (Å²) in [5.41, 5.74) is 0. The Bertz CT molecular complexity index is 212. The summed E-state index contributed by atoms with van der Waals surface area (Å²) in [6.07, 6.45) is 2.12. The molecule has 1 saturated heterocycles. The van der Waals surface area contributed by atoms with Crippen LogP contribution in [-0.2, 0) is 4.74 Å². The van der Waals surface area contributed by atoms with E-state index < -0.39 is 6.10 Å². The molecule has 0 aromatic carbocycles. The summed E-state index contributed by atoms with van der Waals surface area (Å²) in [5, 5.41) is 13.2. The van der Waals surface area contributed by atoms with Crippen LogP contribution in [0.3, 0.4) is 0 Å². The van der Waals surface area contributed by atoms with E-state index in [1.807, 2.05) is 13.8 Å². The van der Waals surface area contributed by atoms with Gasteiger partial charge in [0.1, 0.15) is 0 Å². The monoisotopic (exact) mass is 244 g/mol. The Hall–Kier alpha value is -0.160. The van der Waals surface area contributed by atoms with E-state index in [0.29, 0.717) is 25.2 Å². The first-order chi connectivity index (χ1) is 7.99. The molecule has 0 saturated carbocycles. The SMILES string of the molecule is CC(C)OCC(O)CNC1CCN(C)C(C)C1. The molecule has 0 spiro atoms. The number of piperidine rings is 1. The maximum atomic E-state index is 9.75. The molecular formula is C13H28N2O2. The smallest absolute Gasteiger partial charge is 0.0897 e. The van der Waals surface area contributed by atoms with Crippen molar-refractivity contribution >= 4 is 0 Å². The molecule has 1 rings (SSSR count). The molecule has 102 valence electrons. The van der Waals surface area contributed by atoms with Crippen LogP contribution in [0.1, 0.15) is 33.6 Å². The van der Waals surface area contributed by atoms with E-state index in [1.54, 1.807) is 0 Å². The van der Waals surface area contributed by atoms with Gasteiger partial charge >= 0.3 is 0 Å². The lowest BCUT2D eigenvalue weighted by Crippen LogP contribution is -2.47. The fourth-order valence-electron chi connectivity index (χ4n) is 2.14. The average molecular weight is 244 g/mol. The molecule has 0 bridgehead atoms. The lowest BCUT2D eigenvalue weighted by molar-refractivity contribution is 0.00427. The van der Waals surface area contributed by atoms with Crippen LogP contribution < -0.4 is 5.32 Å². The molecule has 1 heterocycles. The molecule has 1 aliphatic rings. The van der Waals surface area contributed by atoms with Gasteiger partial charge in [0.05, 0.1) is 18.8 Å². The number of likely N-dealkylation sites (tertiary alicyclic amines) is 1. The zero-order valence-electron chi connectivity index (χ0n) is 11.6. The molecule has 0 amide bonds. The molecule has 4 heteroatoms. The lowest BCUT2D eigenvalue weighted by atomic mass is 9.99. The summed E-state index contributed by atoms with van der Waals surface area (Å²) in [7, 11) is 2.17. The van der Waals surface area contributed by atoms with Crippen molar-refractivity contribution < 1.29 is 9.84 Å². The number of hydrogen-bond donors (Lipinski definition) is 2. The molecule has 0 aromatic rings. The number of nitrogens with one attached hydrogen (secondary N) is 1. The van der Waals surface area contributed by atoms with Crippen LogP contribution in [-0.4, -0.2) is 61.0 Å². The Kier molecular flexibility index (Phi) is 6.41. The molecule has 3 atom stereocenters. The summed E-state index contributed by atoms with van der Waals surface area (Å²) in [6.45, 7) is 8.42. The number of aliphatic hydroxyl groups excluding tert-OH is 1. The summed E-state index contributed by atoms with van der Waals surface area (Å²) in [4.78, 5) is 2.39. The van der Waals surface area contributed by atoms with Crippen LogP contribution in [0.4, 0.5) is 0 Å². The minimum atomic E-state index is -0.396. The Morgan fingerprint density at radius 1 is 1.47 bits per heavy atom. The average Bonchev–Trinajstić information content (AvgIpc) is 2.28. The Labute approximate surface area is 105 Å². The standard InChI is InChI=1S/C13H28N2O2/c1-10(2)17-9-13(16)8-14-12-5-6-15(4)11(3)7-12/h10-14,16H,5-9H2,1-4H3. The predicted octanol–water partition coefficient (Wildman–Crippen LogP) is 0.845. The predicted molar refractivity (Wildman–Crippen MR) is 70.2 cm³/mol. The largest absolute Gasteiger partial charge is 0.389 e. The van der Waals surface area contributed by atoms with Crippen molar-refractivity contribution in [3.05, 3.63) is 0 Å². The van der Waals surface area contributed by atoms with Crippen molar-refractivity contribution in [3.8, 4) is 0 Å². The van der Waals surface area contributed by atoms with Crippen LogP contribution >= 0.6 is 0 Å². The van der Waals surface area contributed by atoms with Gasteiger partial charge in [0.15, 0.2) is 0 Å². The molecular weight excluding hydrogens is 216 g/mol.